The molecule has 0 saturated carbocycles. The summed E-state index contributed by atoms with van der Waals surface area (Å²) in [6.07, 6.45) is 6.57. The van der Waals surface area contributed by atoms with Crippen LogP contribution in [-0.2, 0) is 22.4 Å². The quantitative estimate of drug-likeness (QED) is 0.919. The minimum Gasteiger partial charge on any atom is -0.368 e. The predicted molar refractivity (Wildman–Crippen MR) is 78.6 cm³/mol. The maximum atomic E-state index is 12.1. The van der Waals surface area contributed by atoms with Crippen molar-refractivity contribution >= 4 is 5.91 Å². The third kappa shape index (κ3) is 2.88. The Morgan fingerprint density at radius 2 is 2.05 bits per heavy atom. The van der Waals surface area contributed by atoms with Gasteiger partial charge >= 0.3 is 0 Å². The van der Waals surface area contributed by atoms with E-state index in [4.69, 9.17) is 4.74 Å². The summed E-state index contributed by atoms with van der Waals surface area (Å²) in [5.74, 6) is 0.0349. The number of amides is 1. The molecule has 1 amide bonds. The molecule has 1 heterocycles. The Hall–Kier alpha value is -1.35. The van der Waals surface area contributed by atoms with E-state index < -0.39 is 0 Å². The number of hydrogen-bond donors (Lipinski definition) is 1. The lowest BCUT2D eigenvalue weighted by atomic mass is 9.89. The maximum Gasteiger partial charge on any atom is 0.249 e. The van der Waals surface area contributed by atoms with Crippen molar-refractivity contribution < 1.29 is 9.53 Å². The number of carbonyl (C=O) groups excluding carboxylic acids is 1. The van der Waals surface area contributed by atoms with Crippen LogP contribution in [0.15, 0.2) is 18.2 Å². The van der Waals surface area contributed by atoms with Crippen LogP contribution in [0.4, 0.5) is 0 Å². The summed E-state index contributed by atoms with van der Waals surface area (Å²) >= 11 is 0. The molecule has 0 unspecified atom stereocenters. The molecule has 1 aromatic carbocycles. The second kappa shape index (κ2) is 5.96. The lowest BCUT2D eigenvalue weighted by Gasteiger charge is -2.21. The molecule has 0 bridgehead atoms. The number of carbonyl (C=O) groups is 1. The number of rotatable bonds is 3. The third-order valence-corrected chi connectivity index (χ3v) is 4.45. The first kappa shape index (κ1) is 13.6. The molecule has 1 N–H and O–H groups in total. The van der Waals surface area contributed by atoms with Gasteiger partial charge in [-0.25, -0.2) is 0 Å². The lowest BCUT2D eigenvalue weighted by Crippen LogP contribution is -2.35. The monoisotopic (exact) mass is 273 g/mol. The van der Waals surface area contributed by atoms with Crippen LogP contribution in [0.2, 0.25) is 0 Å². The summed E-state index contributed by atoms with van der Waals surface area (Å²) in [7, 11) is 0. The number of fused-ring (bicyclic) bond motifs is 1. The summed E-state index contributed by atoms with van der Waals surface area (Å²) in [6.45, 7) is 2.77. The normalized spacial score (nSPS) is 23.1. The summed E-state index contributed by atoms with van der Waals surface area (Å²) in [5, 5.41) is 3.08. The van der Waals surface area contributed by atoms with Gasteiger partial charge in [-0.3, -0.25) is 4.79 Å². The molecule has 2 aliphatic rings. The topological polar surface area (TPSA) is 38.3 Å². The molecule has 2 atom stereocenters. The first-order valence-electron chi connectivity index (χ1n) is 7.78. The fourth-order valence-electron chi connectivity index (χ4n) is 3.20. The van der Waals surface area contributed by atoms with Gasteiger partial charge in [0.05, 0.1) is 6.04 Å². The minimum atomic E-state index is -0.241. The van der Waals surface area contributed by atoms with Crippen molar-refractivity contribution in [3.8, 4) is 0 Å². The van der Waals surface area contributed by atoms with Crippen molar-refractivity contribution in [3.05, 3.63) is 34.9 Å². The molecule has 1 saturated heterocycles. The van der Waals surface area contributed by atoms with Crippen LogP contribution in [0.1, 0.15) is 55.3 Å². The third-order valence-electron chi connectivity index (χ3n) is 4.45. The number of aryl methyl sites for hydroxylation is 2. The van der Waals surface area contributed by atoms with Crippen molar-refractivity contribution in [1.82, 2.24) is 5.32 Å². The first-order valence-corrected chi connectivity index (χ1v) is 7.78. The van der Waals surface area contributed by atoms with E-state index in [-0.39, 0.29) is 18.1 Å². The average molecular weight is 273 g/mol. The molecule has 3 rings (SSSR count). The molecular formula is C17H23NO2. The van der Waals surface area contributed by atoms with E-state index in [1.807, 2.05) is 0 Å². The van der Waals surface area contributed by atoms with Crippen LogP contribution in [0.3, 0.4) is 0 Å². The summed E-state index contributed by atoms with van der Waals surface area (Å²) in [5.41, 5.74) is 4.15. The van der Waals surface area contributed by atoms with Gasteiger partial charge in [0.15, 0.2) is 0 Å². The van der Waals surface area contributed by atoms with Gasteiger partial charge in [0.1, 0.15) is 6.10 Å². The lowest BCUT2D eigenvalue weighted by molar-refractivity contribution is -0.130. The van der Waals surface area contributed by atoms with Gasteiger partial charge in [-0.15, -0.1) is 0 Å². The summed E-state index contributed by atoms with van der Waals surface area (Å²) in [4.78, 5) is 12.1. The van der Waals surface area contributed by atoms with Crippen LogP contribution >= 0.6 is 0 Å². The Kier molecular flexibility index (Phi) is 4.06. The van der Waals surface area contributed by atoms with Crippen LogP contribution in [0.5, 0.6) is 0 Å². The highest BCUT2D eigenvalue weighted by Gasteiger charge is 2.25. The molecule has 1 aliphatic heterocycles. The van der Waals surface area contributed by atoms with Gasteiger partial charge < -0.3 is 10.1 Å². The second-order valence-electron chi connectivity index (χ2n) is 5.97. The molecular weight excluding hydrogens is 250 g/mol. The predicted octanol–water partition coefficient (Wildman–Crippen LogP) is 2.92. The standard InChI is InChI=1S/C17H23NO2/c1-12(18-17(19)16-7-4-10-20-16)14-9-8-13-5-2-3-6-15(13)11-14/h8-9,11-12,16H,2-7,10H2,1H3,(H,18,19)/t12-,16-/m0/s1. The van der Waals surface area contributed by atoms with E-state index >= 15 is 0 Å². The maximum absolute atomic E-state index is 12.1. The number of hydrogen-bond acceptors (Lipinski definition) is 2. The molecule has 1 aromatic rings. The van der Waals surface area contributed by atoms with Crippen molar-refractivity contribution in [2.45, 2.75) is 57.6 Å². The molecule has 0 aromatic heterocycles. The Balaban J connectivity index is 1.67. The fraction of sp³-hybridized carbons (Fsp3) is 0.588. The highest BCUT2D eigenvalue weighted by atomic mass is 16.5. The molecule has 0 radical (unpaired) electrons. The first-order chi connectivity index (χ1) is 9.74. The highest BCUT2D eigenvalue weighted by Crippen LogP contribution is 2.25. The van der Waals surface area contributed by atoms with E-state index in [1.165, 1.54) is 42.4 Å². The van der Waals surface area contributed by atoms with E-state index in [1.54, 1.807) is 0 Å². The Labute approximate surface area is 120 Å². The zero-order valence-electron chi connectivity index (χ0n) is 12.2. The van der Waals surface area contributed by atoms with E-state index in [9.17, 15) is 4.79 Å². The Morgan fingerprint density at radius 1 is 1.25 bits per heavy atom. The largest absolute Gasteiger partial charge is 0.368 e. The average Bonchev–Trinajstić information content (AvgIpc) is 3.01. The van der Waals surface area contributed by atoms with Crippen LogP contribution in [-0.4, -0.2) is 18.6 Å². The SMILES string of the molecule is C[C@H](NC(=O)[C@@H]1CCCO1)c1ccc2c(c1)CCCC2. The zero-order chi connectivity index (χ0) is 13.9. The number of benzene rings is 1. The molecule has 3 heteroatoms. The minimum absolute atomic E-state index is 0.0349. The van der Waals surface area contributed by atoms with Gasteiger partial charge in [0.25, 0.3) is 0 Å². The molecule has 0 spiro atoms. The van der Waals surface area contributed by atoms with Crippen LogP contribution in [0, 0.1) is 0 Å². The molecule has 3 nitrogen and oxygen atoms in total. The second-order valence-corrected chi connectivity index (χ2v) is 5.97. The molecule has 1 aliphatic carbocycles. The number of ether oxygens (including phenoxy) is 1. The van der Waals surface area contributed by atoms with E-state index in [0.717, 1.165) is 12.8 Å². The number of nitrogens with one attached hydrogen (secondary N) is 1. The van der Waals surface area contributed by atoms with Gasteiger partial charge in [-0.05, 0) is 62.1 Å². The van der Waals surface area contributed by atoms with Gasteiger partial charge in [-0.1, -0.05) is 18.2 Å². The fourth-order valence-corrected chi connectivity index (χ4v) is 3.20. The summed E-state index contributed by atoms with van der Waals surface area (Å²) < 4.78 is 5.43. The van der Waals surface area contributed by atoms with Crippen molar-refractivity contribution in [2.24, 2.45) is 0 Å². The summed E-state index contributed by atoms with van der Waals surface area (Å²) in [6, 6.07) is 6.72. The van der Waals surface area contributed by atoms with E-state index in [0.29, 0.717) is 6.61 Å². The Bertz CT molecular complexity index is 492. The van der Waals surface area contributed by atoms with Crippen molar-refractivity contribution in [2.75, 3.05) is 6.61 Å². The van der Waals surface area contributed by atoms with E-state index in [2.05, 4.69) is 30.4 Å². The van der Waals surface area contributed by atoms with Gasteiger partial charge in [0.2, 0.25) is 5.91 Å². The molecule has 1 fully saturated rings. The van der Waals surface area contributed by atoms with Crippen LogP contribution in [0.25, 0.3) is 0 Å². The Morgan fingerprint density at radius 3 is 2.80 bits per heavy atom. The van der Waals surface area contributed by atoms with Gasteiger partial charge in [-0.2, -0.15) is 0 Å². The van der Waals surface area contributed by atoms with Crippen LogP contribution < -0.4 is 5.32 Å². The smallest absolute Gasteiger partial charge is 0.249 e. The van der Waals surface area contributed by atoms with Crippen molar-refractivity contribution in [3.63, 3.8) is 0 Å². The molecule has 20 heavy (non-hydrogen) atoms. The molecule has 108 valence electrons. The highest BCUT2D eigenvalue weighted by molar-refractivity contribution is 5.81. The van der Waals surface area contributed by atoms with Crippen molar-refractivity contribution in [1.29, 1.82) is 0 Å². The zero-order valence-corrected chi connectivity index (χ0v) is 12.2. The van der Waals surface area contributed by atoms with Gasteiger partial charge in [0, 0.05) is 6.61 Å².